The molecule has 0 aliphatic rings. The molecule has 1 heterocycles. The molecule has 4 heteroatoms. The topological polar surface area (TPSA) is 47.3 Å². The minimum Gasteiger partial charge on any atom is -0.423 e. The number of hydrogen-bond acceptors (Lipinski definition) is 3. The summed E-state index contributed by atoms with van der Waals surface area (Å²) in [7, 11) is 0. The summed E-state index contributed by atoms with van der Waals surface area (Å²) >= 11 is 5.84. The molecule has 0 atom stereocenters. The van der Waals surface area contributed by atoms with E-state index in [1.165, 1.54) is 25.3 Å². The van der Waals surface area contributed by atoms with Crippen molar-refractivity contribution in [3.8, 4) is 0 Å². The van der Waals surface area contributed by atoms with E-state index in [2.05, 4.69) is 6.92 Å². The molecular weight excluding hydrogens is 300 g/mol. The van der Waals surface area contributed by atoms with E-state index in [4.69, 9.17) is 16.0 Å². The van der Waals surface area contributed by atoms with E-state index in [1.54, 1.807) is 18.2 Å². The predicted octanol–water partition coefficient (Wildman–Crippen LogP) is 5.08. The SMILES string of the molecule is CCCCCCCC(=O)c1ccc2c(CCl)cc(=O)oc2c1. The fourth-order valence-electron chi connectivity index (χ4n) is 2.55. The van der Waals surface area contributed by atoms with E-state index < -0.39 is 5.63 Å². The summed E-state index contributed by atoms with van der Waals surface area (Å²) in [4.78, 5) is 23.7. The van der Waals surface area contributed by atoms with Crippen molar-refractivity contribution in [1.82, 2.24) is 0 Å². The molecule has 0 spiro atoms. The molecule has 3 nitrogen and oxygen atoms in total. The lowest BCUT2D eigenvalue weighted by Crippen LogP contribution is -2.02. The standard InChI is InChI=1S/C18H21ClO3/c1-2-3-4-5-6-7-16(20)13-8-9-15-14(12-19)11-18(21)22-17(15)10-13/h8-11H,2-7,12H2,1H3. The van der Waals surface area contributed by atoms with Crippen molar-refractivity contribution >= 4 is 28.4 Å². The van der Waals surface area contributed by atoms with Crippen LogP contribution < -0.4 is 5.63 Å². The summed E-state index contributed by atoms with van der Waals surface area (Å²) in [5.74, 6) is 0.338. The average Bonchev–Trinajstić information content (AvgIpc) is 2.52. The number of unbranched alkanes of at least 4 members (excludes halogenated alkanes) is 4. The third-order valence-electron chi connectivity index (χ3n) is 3.80. The number of halogens is 1. The van der Waals surface area contributed by atoms with Crippen molar-refractivity contribution in [2.75, 3.05) is 0 Å². The number of benzene rings is 1. The number of ketones is 1. The van der Waals surface area contributed by atoms with Crippen LogP contribution in [-0.4, -0.2) is 5.78 Å². The lowest BCUT2D eigenvalue weighted by atomic mass is 10.0. The van der Waals surface area contributed by atoms with E-state index in [0.29, 0.717) is 17.6 Å². The van der Waals surface area contributed by atoms with Crippen molar-refractivity contribution < 1.29 is 9.21 Å². The zero-order chi connectivity index (χ0) is 15.9. The van der Waals surface area contributed by atoms with Crippen molar-refractivity contribution in [1.29, 1.82) is 0 Å². The first-order valence-electron chi connectivity index (χ1n) is 7.81. The van der Waals surface area contributed by atoms with Gasteiger partial charge in [-0.05, 0) is 18.1 Å². The molecule has 0 aliphatic heterocycles. The predicted molar refractivity (Wildman–Crippen MR) is 89.7 cm³/mol. The Morgan fingerprint density at radius 3 is 2.64 bits per heavy atom. The first kappa shape index (κ1) is 16.8. The summed E-state index contributed by atoms with van der Waals surface area (Å²) in [6.07, 6.45) is 6.11. The molecule has 2 aromatic rings. The maximum absolute atomic E-state index is 12.2. The molecule has 1 aromatic heterocycles. The van der Waals surface area contributed by atoms with Gasteiger partial charge in [0, 0.05) is 29.3 Å². The number of carbonyl (C=O) groups excluding carboxylic acids is 1. The summed E-state index contributed by atoms with van der Waals surface area (Å²) in [5, 5.41) is 0.786. The highest BCUT2D eigenvalue weighted by atomic mass is 35.5. The van der Waals surface area contributed by atoms with Gasteiger partial charge in [0.15, 0.2) is 5.78 Å². The molecule has 0 radical (unpaired) electrons. The van der Waals surface area contributed by atoms with Gasteiger partial charge in [0.1, 0.15) is 5.58 Å². The normalized spacial score (nSPS) is 11.0. The van der Waals surface area contributed by atoms with E-state index >= 15 is 0 Å². The first-order valence-corrected chi connectivity index (χ1v) is 8.35. The van der Waals surface area contributed by atoms with Gasteiger partial charge in [-0.1, -0.05) is 44.7 Å². The number of fused-ring (bicyclic) bond motifs is 1. The second kappa shape index (κ2) is 8.14. The van der Waals surface area contributed by atoms with Crippen molar-refractivity contribution in [3.63, 3.8) is 0 Å². The highest BCUT2D eigenvalue weighted by Gasteiger charge is 2.10. The van der Waals surface area contributed by atoms with Crippen LogP contribution in [0.25, 0.3) is 11.0 Å². The molecule has 2 rings (SSSR count). The van der Waals surface area contributed by atoms with Gasteiger partial charge in [0.05, 0.1) is 0 Å². The van der Waals surface area contributed by atoms with E-state index in [-0.39, 0.29) is 11.7 Å². The molecule has 0 aliphatic carbocycles. The van der Waals surface area contributed by atoms with Crippen molar-refractivity contribution in [2.45, 2.75) is 51.3 Å². The number of rotatable bonds is 8. The fourth-order valence-corrected chi connectivity index (χ4v) is 2.77. The Hall–Kier alpha value is -1.61. The summed E-state index contributed by atoms with van der Waals surface area (Å²) in [5.41, 5.74) is 1.32. The van der Waals surface area contributed by atoms with Crippen LogP contribution >= 0.6 is 11.6 Å². The van der Waals surface area contributed by atoms with E-state index in [9.17, 15) is 9.59 Å². The molecular formula is C18H21ClO3. The van der Waals surface area contributed by atoms with E-state index in [1.807, 2.05) is 0 Å². The van der Waals surface area contributed by atoms with Gasteiger partial charge < -0.3 is 4.42 Å². The minimum absolute atomic E-state index is 0.0947. The van der Waals surface area contributed by atoms with Crippen LogP contribution in [0.15, 0.2) is 33.5 Å². The van der Waals surface area contributed by atoms with Crippen LogP contribution in [0.3, 0.4) is 0 Å². The quantitative estimate of drug-likeness (QED) is 0.295. The zero-order valence-corrected chi connectivity index (χ0v) is 13.6. The number of Topliss-reactive ketones (excluding diaryl/α,β-unsaturated/α-hetero) is 1. The second-order valence-electron chi connectivity index (χ2n) is 5.52. The Morgan fingerprint density at radius 1 is 1.14 bits per heavy atom. The van der Waals surface area contributed by atoms with Crippen molar-refractivity contribution in [3.05, 3.63) is 45.8 Å². The largest absolute Gasteiger partial charge is 0.423 e. The van der Waals surface area contributed by atoms with Crippen LogP contribution in [0.1, 0.15) is 61.4 Å². The third-order valence-corrected chi connectivity index (χ3v) is 4.09. The molecule has 0 bridgehead atoms. The van der Waals surface area contributed by atoms with Crippen LogP contribution in [0.4, 0.5) is 0 Å². The van der Waals surface area contributed by atoms with Crippen LogP contribution in [-0.2, 0) is 5.88 Å². The molecule has 118 valence electrons. The monoisotopic (exact) mass is 320 g/mol. The molecule has 22 heavy (non-hydrogen) atoms. The molecule has 0 amide bonds. The molecule has 0 saturated carbocycles. The lowest BCUT2D eigenvalue weighted by Gasteiger charge is -2.05. The van der Waals surface area contributed by atoms with Gasteiger partial charge in [-0.25, -0.2) is 4.79 Å². The maximum Gasteiger partial charge on any atom is 0.336 e. The average molecular weight is 321 g/mol. The Balaban J connectivity index is 2.12. The highest BCUT2D eigenvalue weighted by Crippen LogP contribution is 2.21. The zero-order valence-electron chi connectivity index (χ0n) is 12.9. The van der Waals surface area contributed by atoms with Gasteiger partial charge in [-0.15, -0.1) is 11.6 Å². The van der Waals surface area contributed by atoms with Gasteiger partial charge in [0.2, 0.25) is 0 Å². The Kier molecular flexibility index (Phi) is 6.20. The smallest absolute Gasteiger partial charge is 0.336 e. The third kappa shape index (κ3) is 4.20. The minimum atomic E-state index is -0.438. The van der Waals surface area contributed by atoms with Crippen LogP contribution in [0.2, 0.25) is 0 Å². The second-order valence-corrected chi connectivity index (χ2v) is 5.79. The first-order chi connectivity index (χ1) is 10.7. The molecule has 0 unspecified atom stereocenters. The van der Waals surface area contributed by atoms with Gasteiger partial charge in [-0.2, -0.15) is 0 Å². The Bertz CT molecular complexity index is 703. The van der Waals surface area contributed by atoms with Gasteiger partial charge in [-0.3, -0.25) is 4.79 Å². The van der Waals surface area contributed by atoms with Crippen LogP contribution in [0.5, 0.6) is 0 Å². The molecule has 0 fully saturated rings. The summed E-state index contributed by atoms with van der Waals surface area (Å²) < 4.78 is 5.19. The highest BCUT2D eigenvalue weighted by molar-refractivity contribution is 6.18. The summed E-state index contributed by atoms with van der Waals surface area (Å²) in [6.45, 7) is 2.17. The van der Waals surface area contributed by atoms with Gasteiger partial charge >= 0.3 is 5.63 Å². The Morgan fingerprint density at radius 2 is 1.91 bits per heavy atom. The maximum atomic E-state index is 12.2. The van der Waals surface area contributed by atoms with Crippen molar-refractivity contribution in [2.24, 2.45) is 0 Å². The fraction of sp³-hybridized carbons (Fsp3) is 0.444. The number of carbonyl (C=O) groups is 1. The lowest BCUT2D eigenvalue weighted by molar-refractivity contribution is 0.0979. The molecule has 0 saturated heterocycles. The van der Waals surface area contributed by atoms with Crippen LogP contribution in [0, 0.1) is 0 Å². The van der Waals surface area contributed by atoms with E-state index in [0.717, 1.165) is 23.8 Å². The Labute approximate surface area is 135 Å². The number of alkyl halides is 1. The number of hydrogen-bond donors (Lipinski definition) is 0. The van der Waals surface area contributed by atoms with Gasteiger partial charge in [0.25, 0.3) is 0 Å². The molecule has 1 aromatic carbocycles. The summed E-state index contributed by atoms with van der Waals surface area (Å²) in [6, 6.07) is 6.64. The molecule has 0 N–H and O–H groups in total.